The van der Waals surface area contributed by atoms with Gasteiger partial charge in [0.05, 0.1) is 0 Å². The highest BCUT2D eigenvalue weighted by molar-refractivity contribution is 5.96. The van der Waals surface area contributed by atoms with E-state index < -0.39 is 0 Å². The standard InChI is InChI=1S/C9H17N/c1-6-8(7(2)10)9(3,4)5/h6,10H,1-5H3/b8-6+,10-7?. The van der Waals surface area contributed by atoms with Crippen LogP contribution in [0.15, 0.2) is 11.6 Å². The fourth-order valence-electron chi connectivity index (χ4n) is 1.21. The molecular weight excluding hydrogens is 122 g/mol. The maximum Gasteiger partial charge on any atom is 0.0316 e. The molecule has 0 saturated carbocycles. The van der Waals surface area contributed by atoms with E-state index in [2.05, 4.69) is 20.8 Å². The zero-order chi connectivity index (χ0) is 8.36. The molecule has 0 aliphatic heterocycles. The molecule has 0 aromatic rings. The Balaban J connectivity index is 4.56. The van der Waals surface area contributed by atoms with E-state index in [1.54, 1.807) is 0 Å². The van der Waals surface area contributed by atoms with Crippen molar-refractivity contribution in [2.24, 2.45) is 5.41 Å². The first-order valence-corrected chi connectivity index (χ1v) is 3.62. The summed E-state index contributed by atoms with van der Waals surface area (Å²) in [7, 11) is 0. The highest BCUT2D eigenvalue weighted by atomic mass is 14.4. The molecule has 0 atom stereocenters. The summed E-state index contributed by atoms with van der Waals surface area (Å²) in [6.45, 7) is 10.2. The fraction of sp³-hybridized carbons (Fsp3) is 0.667. The Morgan fingerprint density at radius 2 is 1.70 bits per heavy atom. The van der Waals surface area contributed by atoms with Gasteiger partial charge in [-0.3, -0.25) is 0 Å². The van der Waals surface area contributed by atoms with E-state index >= 15 is 0 Å². The van der Waals surface area contributed by atoms with Gasteiger partial charge in [0, 0.05) is 5.71 Å². The predicted octanol–water partition coefficient (Wildman–Crippen LogP) is 3.02. The third-order valence-corrected chi connectivity index (χ3v) is 1.50. The average molecular weight is 139 g/mol. The number of nitrogens with one attached hydrogen (secondary N) is 1. The summed E-state index contributed by atoms with van der Waals surface area (Å²) in [6.07, 6.45) is 2.02. The van der Waals surface area contributed by atoms with E-state index in [4.69, 9.17) is 5.41 Å². The highest BCUT2D eigenvalue weighted by Gasteiger charge is 2.16. The minimum Gasteiger partial charge on any atom is -0.305 e. The minimum absolute atomic E-state index is 0.126. The van der Waals surface area contributed by atoms with Crippen LogP contribution in [-0.4, -0.2) is 5.71 Å². The Morgan fingerprint density at radius 3 is 1.70 bits per heavy atom. The third-order valence-electron chi connectivity index (χ3n) is 1.50. The number of allylic oxidation sites excluding steroid dienone is 2. The van der Waals surface area contributed by atoms with Gasteiger partial charge < -0.3 is 5.41 Å². The molecule has 0 saturated heterocycles. The monoisotopic (exact) mass is 139 g/mol. The molecule has 0 radical (unpaired) electrons. The highest BCUT2D eigenvalue weighted by Crippen LogP contribution is 2.25. The van der Waals surface area contributed by atoms with Gasteiger partial charge in [0.2, 0.25) is 0 Å². The maximum atomic E-state index is 7.44. The van der Waals surface area contributed by atoms with Gasteiger partial charge in [0.1, 0.15) is 0 Å². The number of hydrogen-bond donors (Lipinski definition) is 1. The topological polar surface area (TPSA) is 23.9 Å². The van der Waals surface area contributed by atoms with Crippen molar-refractivity contribution in [3.63, 3.8) is 0 Å². The SMILES string of the molecule is C/C=C(\C(C)=N)C(C)(C)C. The molecule has 1 N–H and O–H groups in total. The molecule has 1 heteroatoms. The summed E-state index contributed by atoms with van der Waals surface area (Å²) in [5.74, 6) is 0. The van der Waals surface area contributed by atoms with Crippen LogP contribution >= 0.6 is 0 Å². The summed E-state index contributed by atoms with van der Waals surface area (Å²) in [5.41, 5.74) is 1.93. The van der Waals surface area contributed by atoms with Gasteiger partial charge in [-0.25, -0.2) is 0 Å². The summed E-state index contributed by atoms with van der Waals surface area (Å²) in [6, 6.07) is 0. The van der Waals surface area contributed by atoms with Crippen LogP contribution in [0.3, 0.4) is 0 Å². The summed E-state index contributed by atoms with van der Waals surface area (Å²) < 4.78 is 0. The molecule has 58 valence electrons. The Bertz CT molecular complexity index is 158. The molecule has 0 bridgehead atoms. The smallest absolute Gasteiger partial charge is 0.0316 e. The molecular formula is C9H17N. The second kappa shape index (κ2) is 3.00. The zero-order valence-corrected chi connectivity index (χ0v) is 7.58. The van der Waals surface area contributed by atoms with Gasteiger partial charge in [-0.1, -0.05) is 26.8 Å². The Labute approximate surface area is 63.7 Å². The van der Waals surface area contributed by atoms with Gasteiger partial charge >= 0.3 is 0 Å². The zero-order valence-electron chi connectivity index (χ0n) is 7.58. The van der Waals surface area contributed by atoms with Crippen LogP contribution in [0.1, 0.15) is 34.6 Å². The number of hydrogen-bond acceptors (Lipinski definition) is 1. The van der Waals surface area contributed by atoms with Crippen LogP contribution in [0.2, 0.25) is 0 Å². The van der Waals surface area contributed by atoms with E-state index in [-0.39, 0.29) is 5.41 Å². The van der Waals surface area contributed by atoms with Crippen molar-refractivity contribution >= 4 is 5.71 Å². The van der Waals surface area contributed by atoms with Crippen molar-refractivity contribution in [2.75, 3.05) is 0 Å². The van der Waals surface area contributed by atoms with E-state index in [9.17, 15) is 0 Å². The molecule has 0 fully saturated rings. The molecule has 0 unspecified atom stereocenters. The van der Waals surface area contributed by atoms with Crippen LogP contribution in [0.4, 0.5) is 0 Å². The lowest BCUT2D eigenvalue weighted by Crippen LogP contribution is -2.14. The first-order valence-electron chi connectivity index (χ1n) is 3.62. The van der Waals surface area contributed by atoms with E-state index in [1.165, 1.54) is 0 Å². The molecule has 0 aromatic carbocycles. The lowest BCUT2D eigenvalue weighted by molar-refractivity contribution is 0.523. The molecule has 0 aliphatic carbocycles. The molecule has 0 heterocycles. The Kier molecular flexibility index (Phi) is 2.82. The second-order valence-corrected chi connectivity index (χ2v) is 3.58. The Hall–Kier alpha value is -0.590. The van der Waals surface area contributed by atoms with Crippen molar-refractivity contribution in [1.29, 1.82) is 5.41 Å². The van der Waals surface area contributed by atoms with Crippen LogP contribution in [0, 0.1) is 10.8 Å². The fourth-order valence-corrected chi connectivity index (χ4v) is 1.21. The van der Waals surface area contributed by atoms with Crippen molar-refractivity contribution in [1.82, 2.24) is 0 Å². The van der Waals surface area contributed by atoms with Crippen molar-refractivity contribution in [3.8, 4) is 0 Å². The molecule has 0 amide bonds. The molecule has 1 nitrogen and oxygen atoms in total. The summed E-state index contributed by atoms with van der Waals surface area (Å²) >= 11 is 0. The first kappa shape index (κ1) is 9.41. The molecule has 10 heavy (non-hydrogen) atoms. The second-order valence-electron chi connectivity index (χ2n) is 3.58. The predicted molar refractivity (Wildman–Crippen MR) is 46.6 cm³/mol. The Morgan fingerprint density at radius 1 is 1.30 bits per heavy atom. The summed E-state index contributed by atoms with van der Waals surface area (Å²) in [4.78, 5) is 0. The summed E-state index contributed by atoms with van der Waals surface area (Å²) in [5, 5.41) is 7.44. The van der Waals surface area contributed by atoms with Gasteiger partial charge in [0.25, 0.3) is 0 Å². The van der Waals surface area contributed by atoms with Gasteiger partial charge in [-0.2, -0.15) is 0 Å². The quantitative estimate of drug-likeness (QED) is 0.540. The average Bonchev–Trinajstić information content (AvgIpc) is 1.60. The van der Waals surface area contributed by atoms with Crippen LogP contribution in [0.25, 0.3) is 0 Å². The van der Waals surface area contributed by atoms with Crippen molar-refractivity contribution in [3.05, 3.63) is 11.6 Å². The van der Waals surface area contributed by atoms with E-state index in [0.717, 1.165) is 5.57 Å². The van der Waals surface area contributed by atoms with Crippen LogP contribution in [-0.2, 0) is 0 Å². The van der Waals surface area contributed by atoms with E-state index in [1.807, 2.05) is 19.9 Å². The van der Waals surface area contributed by atoms with Crippen LogP contribution < -0.4 is 0 Å². The third kappa shape index (κ3) is 2.34. The normalized spacial score (nSPS) is 13.5. The van der Waals surface area contributed by atoms with Crippen LogP contribution in [0.5, 0.6) is 0 Å². The first-order chi connectivity index (χ1) is 4.39. The molecule has 0 aromatic heterocycles. The lowest BCUT2D eigenvalue weighted by atomic mass is 9.84. The van der Waals surface area contributed by atoms with E-state index in [0.29, 0.717) is 5.71 Å². The van der Waals surface area contributed by atoms with Crippen molar-refractivity contribution in [2.45, 2.75) is 34.6 Å². The molecule has 0 aliphatic rings. The molecule has 0 rings (SSSR count). The molecule has 0 spiro atoms. The van der Waals surface area contributed by atoms with Gasteiger partial charge in [-0.05, 0) is 24.8 Å². The lowest BCUT2D eigenvalue weighted by Gasteiger charge is -2.21. The van der Waals surface area contributed by atoms with Crippen molar-refractivity contribution < 1.29 is 0 Å². The minimum atomic E-state index is 0.126. The number of rotatable bonds is 1. The maximum absolute atomic E-state index is 7.44. The van der Waals surface area contributed by atoms with Gasteiger partial charge in [-0.15, -0.1) is 0 Å². The largest absolute Gasteiger partial charge is 0.305 e. The van der Waals surface area contributed by atoms with Gasteiger partial charge in [0.15, 0.2) is 0 Å².